The standard InChI is InChI=1S/C43H70N2.C9H12O2.Ni/c1-7-13-19-24-36-30-32-40(34-38(36)26-21-15-9-3)44-42(28-18-12-6)43(29-23-17-11-5)45-41-33-31-37(25-20-14-8-2)39(35-41)27-22-16-10-4;1-2-4-7-5-3-6-8(10)9(7)11;/h30-35H,7-29H2,1-6H3;3,5-6,10-11H,2,4H2,1H3;/q;;+2/p-2. The molecule has 0 saturated heterocycles. The monoisotopic (exact) mass is 823 g/mol. The van der Waals surface area contributed by atoms with Gasteiger partial charge in [0.1, 0.15) is 0 Å². The van der Waals surface area contributed by atoms with Crippen LogP contribution in [0.4, 0.5) is 11.4 Å². The number of benzene rings is 3. The smallest absolute Gasteiger partial charge is 0.873 e. The molecule has 0 heterocycles. The van der Waals surface area contributed by atoms with Crippen molar-refractivity contribution in [3.8, 4) is 11.5 Å². The minimum atomic E-state index is -0.393. The van der Waals surface area contributed by atoms with Crippen LogP contribution in [0.15, 0.2) is 64.6 Å². The van der Waals surface area contributed by atoms with Gasteiger partial charge in [-0.15, -0.1) is 11.5 Å². The van der Waals surface area contributed by atoms with Crippen molar-refractivity contribution in [1.82, 2.24) is 0 Å². The van der Waals surface area contributed by atoms with Crippen molar-refractivity contribution >= 4 is 22.8 Å². The van der Waals surface area contributed by atoms with Crippen LogP contribution in [-0.2, 0) is 48.6 Å². The van der Waals surface area contributed by atoms with Crippen LogP contribution < -0.4 is 10.2 Å². The fraction of sp³-hybridized carbons (Fsp3) is 0.615. The molecule has 0 aromatic heterocycles. The summed E-state index contributed by atoms with van der Waals surface area (Å²) in [6.07, 6.45) is 29.8. The first-order chi connectivity index (χ1) is 27.3. The van der Waals surface area contributed by atoms with Gasteiger partial charge in [-0.25, -0.2) is 0 Å². The first kappa shape index (κ1) is 52.1. The summed E-state index contributed by atoms with van der Waals surface area (Å²) in [7, 11) is 0. The van der Waals surface area contributed by atoms with Crippen molar-refractivity contribution in [2.24, 2.45) is 9.98 Å². The van der Waals surface area contributed by atoms with Gasteiger partial charge in [0, 0.05) is 0 Å². The van der Waals surface area contributed by atoms with E-state index < -0.39 is 5.75 Å². The maximum atomic E-state index is 11.0. The summed E-state index contributed by atoms with van der Waals surface area (Å²) in [4.78, 5) is 10.9. The van der Waals surface area contributed by atoms with Crippen molar-refractivity contribution < 1.29 is 26.7 Å². The molecule has 0 spiro atoms. The normalized spacial score (nSPS) is 11.6. The Morgan fingerprint density at radius 2 is 0.807 bits per heavy atom. The molecular formula is C52H80N2NiO2. The van der Waals surface area contributed by atoms with Crippen LogP contribution in [0.25, 0.3) is 0 Å². The molecule has 320 valence electrons. The second-order valence-corrected chi connectivity index (χ2v) is 15.9. The van der Waals surface area contributed by atoms with E-state index in [-0.39, 0.29) is 22.2 Å². The number of nitrogens with zero attached hydrogens (tertiary/aromatic N) is 2. The summed E-state index contributed by atoms with van der Waals surface area (Å²) in [6.45, 7) is 15.8. The van der Waals surface area contributed by atoms with Gasteiger partial charge in [0.25, 0.3) is 0 Å². The van der Waals surface area contributed by atoms with Gasteiger partial charge >= 0.3 is 16.5 Å². The average Bonchev–Trinajstić information content (AvgIpc) is 3.20. The number of rotatable bonds is 28. The van der Waals surface area contributed by atoms with Crippen LogP contribution in [0.5, 0.6) is 11.5 Å². The maximum absolute atomic E-state index is 11.0. The zero-order valence-electron chi connectivity index (χ0n) is 37.4. The molecule has 0 aliphatic carbocycles. The zero-order valence-corrected chi connectivity index (χ0v) is 38.4. The summed E-state index contributed by atoms with van der Waals surface area (Å²) in [6, 6.07) is 18.9. The van der Waals surface area contributed by atoms with Gasteiger partial charge in [-0.05, 0) is 130 Å². The summed E-state index contributed by atoms with van der Waals surface area (Å²) in [5, 5.41) is 21.8. The van der Waals surface area contributed by atoms with Crippen LogP contribution in [0.2, 0.25) is 0 Å². The zero-order chi connectivity index (χ0) is 40.8. The third-order valence-electron chi connectivity index (χ3n) is 10.8. The van der Waals surface area contributed by atoms with E-state index in [1.54, 1.807) is 23.3 Å². The largest absolute Gasteiger partial charge is 2.00 e. The Bertz CT molecular complexity index is 1550. The molecule has 0 fully saturated rings. The van der Waals surface area contributed by atoms with E-state index >= 15 is 0 Å². The molecule has 0 aliphatic rings. The third-order valence-corrected chi connectivity index (χ3v) is 10.8. The van der Waals surface area contributed by atoms with E-state index in [9.17, 15) is 10.2 Å². The van der Waals surface area contributed by atoms with Gasteiger partial charge in [0.15, 0.2) is 0 Å². The molecule has 3 aromatic carbocycles. The summed E-state index contributed by atoms with van der Waals surface area (Å²) < 4.78 is 0. The molecule has 0 aliphatic heterocycles. The summed E-state index contributed by atoms with van der Waals surface area (Å²) in [5.74, 6) is -0.731. The second kappa shape index (κ2) is 33.0. The average molecular weight is 824 g/mol. The van der Waals surface area contributed by atoms with Gasteiger partial charge in [-0.3, -0.25) is 9.98 Å². The van der Waals surface area contributed by atoms with E-state index in [1.807, 2.05) is 6.92 Å². The number of unbranched alkanes of at least 4 members (excludes halogenated alkanes) is 11. The molecule has 0 bridgehead atoms. The van der Waals surface area contributed by atoms with Crippen LogP contribution in [0, 0.1) is 0 Å². The molecule has 0 N–H and O–H groups in total. The van der Waals surface area contributed by atoms with Crippen molar-refractivity contribution in [1.29, 1.82) is 0 Å². The first-order valence-electron chi connectivity index (χ1n) is 23.2. The molecular weight excluding hydrogens is 743 g/mol. The Balaban J connectivity index is 0.00000116. The predicted molar refractivity (Wildman–Crippen MR) is 243 cm³/mol. The molecule has 5 heteroatoms. The molecule has 0 saturated carbocycles. The molecule has 3 rings (SSSR count). The second-order valence-electron chi connectivity index (χ2n) is 15.9. The molecule has 0 amide bonds. The van der Waals surface area contributed by atoms with Crippen LogP contribution >= 0.6 is 0 Å². The quantitative estimate of drug-likeness (QED) is 0.0416. The van der Waals surface area contributed by atoms with Crippen LogP contribution in [0.3, 0.4) is 0 Å². The van der Waals surface area contributed by atoms with Crippen LogP contribution in [-0.4, -0.2) is 11.4 Å². The Kier molecular flexibility index (Phi) is 30.2. The van der Waals surface area contributed by atoms with E-state index in [0.717, 1.165) is 37.1 Å². The molecule has 0 unspecified atom stereocenters. The van der Waals surface area contributed by atoms with Crippen molar-refractivity contribution in [3.63, 3.8) is 0 Å². The minimum Gasteiger partial charge on any atom is -0.873 e. The topological polar surface area (TPSA) is 70.8 Å². The fourth-order valence-electron chi connectivity index (χ4n) is 7.33. The van der Waals surface area contributed by atoms with E-state index in [2.05, 4.69) is 77.9 Å². The van der Waals surface area contributed by atoms with Gasteiger partial charge < -0.3 is 10.2 Å². The van der Waals surface area contributed by atoms with Crippen LogP contribution in [0.1, 0.15) is 205 Å². The van der Waals surface area contributed by atoms with E-state index in [1.165, 1.54) is 157 Å². The Morgan fingerprint density at radius 1 is 0.404 bits per heavy atom. The summed E-state index contributed by atoms with van der Waals surface area (Å²) >= 11 is 0. The first-order valence-corrected chi connectivity index (χ1v) is 23.2. The SMILES string of the molecule is CCCCCC(=Nc1ccc(CCCCC)c(CCCCC)c1)C(CCCC)=Nc1ccc(CCCCC)c(CCCCC)c1.CCCc1cccc([O-])c1[O-].[Ni+2]. The molecule has 3 aromatic rings. The van der Waals surface area contributed by atoms with Gasteiger partial charge in [0.05, 0.1) is 22.8 Å². The molecule has 0 radical (unpaired) electrons. The predicted octanol–water partition coefficient (Wildman–Crippen LogP) is 15.0. The number of aryl methyl sites for hydroxylation is 5. The molecule has 0 atom stereocenters. The van der Waals surface area contributed by atoms with Crippen molar-refractivity contribution in [2.75, 3.05) is 0 Å². The molecule has 57 heavy (non-hydrogen) atoms. The van der Waals surface area contributed by atoms with E-state index in [0.29, 0.717) is 12.0 Å². The Labute approximate surface area is 360 Å². The Hall–Kier alpha value is -2.91. The number of hydrogen-bond donors (Lipinski definition) is 0. The Morgan fingerprint density at radius 3 is 1.23 bits per heavy atom. The number of para-hydroxylation sites is 1. The van der Waals surface area contributed by atoms with Crippen molar-refractivity contribution in [2.45, 2.75) is 209 Å². The fourth-order valence-corrected chi connectivity index (χ4v) is 7.33. The minimum absolute atomic E-state index is 0. The summed E-state index contributed by atoms with van der Waals surface area (Å²) in [5.41, 5.74) is 11.5. The van der Waals surface area contributed by atoms with Crippen molar-refractivity contribution in [3.05, 3.63) is 82.4 Å². The molecule has 4 nitrogen and oxygen atoms in total. The maximum Gasteiger partial charge on any atom is 2.00 e. The van der Waals surface area contributed by atoms with E-state index in [4.69, 9.17) is 9.98 Å². The van der Waals surface area contributed by atoms with Gasteiger partial charge in [0.2, 0.25) is 0 Å². The van der Waals surface area contributed by atoms with Gasteiger partial charge in [-0.2, -0.15) is 0 Å². The third kappa shape index (κ3) is 21.1. The number of aliphatic imine (C=N–C) groups is 2. The van der Waals surface area contributed by atoms with Gasteiger partial charge in [-0.1, -0.05) is 161 Å². The number of hydrogen-bond acceptors (Lipinski definition) is 4.